The molecule has 184 valence electrons. The molecule has 2 aromatic carbocycles. The van der Waals surface area contributed by atoms with E-state index in [9.17, 15) is 4.79 Å². The number of nitrogens with zero attached hydrogens (tertiary/aromatic N) is 5. The predicted molar refractivity (Wildman–Crippen MR) is 133 cm³/mol. The number of ether oxygens (including phenoxy) is 3. The third-order valence-electron chi connectivity index (χ3n) is 6.30. The molecule has 0 saturated heterocycles. The zero-order valence-corrected chi connectivity index (χ0v) is 20.7. The molecule has 1 atom stereocenters. The summed E-state index contributed by atoms with van der Waals surface area (Å²) in [6.07, 6.45) is 1.82. The highest BCUT2D eigenvalue weighted by atomic mass is 16.5. The van der Waals surface area contributed by atoms with E-state index in [4.69, 9.17) is 19.3 Å². The van der Waals surface area contributed by atoms with Gasteiger partial charge in [-0.15, -0.1) is 5.10 Å². The van der Waals surface area contributed by atoms with Crippen LogP contribution in [0.25, 0.3) is 17.2 Å². The molecule has 4 aromatic rings. The van der Waals surface area contributed by atoms with Crippen LogP contribution >= 0.6 is 0 Å². The number of anilines is 1. The topological polar surface area (TPSA) is 113 Å². The second kappa shape index (κ2) is 9.29. The Hall–Kier alpha value is -4.47. The molecule has 1 aliphatic heterocycles. The first-order valence-corrected chi connectivity index (χ1v) is 11.4. The van der Waals surface area contributed by atoms with E-state index < -0.39 is 0 Å². The first-order valence-electron chi connectivity index (χ1n) is 11.4. The van der Waals surface area contributed by atoms with Gasteiger partial charge >= 0.3 is 0 Å². The molecule has 3 heterocycles. The van der Waals surface area contributed by atoms with Crippen LogP contribution in [0.5, 0.6) is 17.2 Å². The van der Waals surface area contributed by atoms with Gasteiger partial charge in [0.05, 0.1) is 38.9 Å². The molecule has 10 heteroatoms. The Bertz CT molecular complexity index is 1450. The van der Waals surface area contributed by atoms with Crippen molar-refractivity contribution < 1.29 is 19.0 Å². The lowest BCUT2D eigenvalue weighted by atomic mass is 9.85. The maximum atomic E-state index is 12.9. The van der Waals surface area contributed by atoms with E-state index in [1.54, 1.807) is 33.6 Å². The number of fused-ring (bicyclic) bond motifs is 1. The summed E-state index contributed by atoms with van der Waals surface area (Å²) in [4.78, 5) is 17.6. The molecule has 0 saturated carbocycles. The number of rotatable bonds is 6. The summed E-state index contributed by atoms with van der Waals surface area (Å²) >= 11 is 0. The number of carbonyl (C=O) groups is 1. The van der Waals surface area contributed by atoms with Crippen LogP contribution in [0.3, 0.4) is 0 Å². The van der Waals surface area contributed by atoms with Crippen LogP contribution in [0.4, 0.5) is 5.82 Å². The first kappa shape index (κ1) is 23.3. The minimum absolute atomic E-state index is 0.159. The third kappa shape index (κ3) is 3.90. The number of aromatic nitrogens is 5. The molecule has 1 unspecified atom stereocenters. The van der Waals surface area contributed by atoms with Crippen LogP contribution in [-0.2, 0) is 4.79 Å². The van der Waals surface area contributed by atoms with E-state index in [1.165, 1.54) is 4.68 Å². The summed E-state index contributed by atoms with van der Waals surface area (Å²) in [5.41, 5.74) is 5.09. The number of hydrogen-bond acceptors (Lipinski definition) is 8. The van der Waals surface area contributed by atoms with Crippen molar-refractivity contribution in [2.24, 2.45) is 0 Å². The minimum atomic E-state index is -0.328. The number of hydrogen-bond donors (Lipinski definition) is 1. The van der Waals surface area contributed by atoms with Crippen LogP contribution in [0.2, 0.25) is 0 Å². The Kier molecular flexibility index (Phi) is 6.01. The number of aryl methyl sites for hydroxylation is 2. The van der Waals surface area contributed by atoms with Crippen molar-refractivity contribution in [1.29, 1.82) is 0 Å². The SMILES string of the molecule is COc1ccc(C2CC(=O)Nc3c2c(C)nn3-c2nncc(-c3ccc(C)cc3)n2)c(OC)c1OC. The van der Waals surface area contributed by atoms with Crippen LogP contribution in [-0.4, -0.2) is 52.2 Å². The lowest BCUT2D eigenvalue weighted by Gasteiger charge is -2.26. The number of amides is 1. The van der Waals surface area contributed by atoms with Crippen molar-refractivity contribution in [1.82, 2.24) is 25.0 Å². The average molecular weight is 487 g/mol. The molecular weight excluding hydrogens is 460 g/mol. The molecule has 1 aliphatic rings. The zero-order valence-electron chi connectivity index (χ0n) is 20.7. The summed E-state index contributed by atoms with van der Waals surface area (Å²) in [5.74, 6) is 1.80. The van der Waals surface area contributed by atoms with Gasteiger partial charge < -0.3 is 19.5 Å². The quantitative estimate of drug-likeness (QED) is 0.437. The maximum absolute atomic E-state index is 12.9. The predicted octanol–water partition coefficient (Wildman–Crippen LogP) is 3.84. The van der Waals surface area contributed by atoms with Crippen molar-refractivity contribution in [3.8, 4) is 34.5 Å². The van der Waals surface area contributed by atoms with Crippen molar-refractivity contribution in [3.05, 3.63) is 65.0 Å². The van der Waals surface area contributed by atoms with Crippen LogP contribution in [0.1, 0.15) is 34.7 Å². The number of benzene rings is 2. The second-order valence-electron chi connectivity index (χ2n) is 8.50. The van der Waals surface area contributed by atoms with Gasteiger partial charge in [-0.1, -0.05) is 35.9 Å². The summed E-state index contributed by atoms with van der Waals surface area (Å²) < 4.78 is 18.3. The highest BCUT2D eigenvalue weighted by Gasteiger charge is 2.36. The molecule has 0 bridgehead atoms. The number of methoxy groups -OCH3 is 3. The Morgan fingerprint density at radius 3 is 2.42 bits per heavy atom. The normalized spacial score (nSPS) is 14.7. The van der Waals surface area contributed by atoms with E-state index in [0.717, 1.165) is 27.9 Å². The van der Waals surface area contributed by atoms with Crippen molar-refractivity contribution in [2.75, 3.05) is 26.6 Å². The largest absolute Gasteiger partial charge is 0.493 e. The van der Waals surface area contributed by atoms with Gasteiger partial charge in [-0.3, -0.25) is 4.79 Å². The lowest BCUT2D eigenvalue weighted by molar-refractivity contribution is -0.116. The fourth-order valence-electron chi connectivity index (χ4n) is 4.60. The van der Waals surface area contributed by atoms with Gasteiger partial charge in [-0.2, -0.15) is 14.9 Å². The monoisotopic (exact) mass is 486 g/mol. The van der Waals surface area contributed by atoms with Crippen molar-refractivity contribution >= 4 is 11.7 Å². The van der Waals surface area contributed by atoms with Gasteiger partial charge in [0.2, 0.25) is 11.7 Å². The van der Waals surface area contributed by atoms with Crippen molar-refractivity contribution in [2.45, 2.75) is 26.2 Å². The average Bonchev–Trinajstić information content (AvgIpc) is 3.23. The zero-order chi connectivity index (χ0) is 25.4. The molecule has 0 spiro atoms. The summed E-state index contributed by atoms with van der Waals surface area (Å²) in [6, 6.07) is 11.7. The van der Waals surface area contributed by atoms with Gasteiger partial charge in [0.25, 0.3) is 5.95 Å². The van der Waals surface area contributed by atoms with Crippen molar-refractivity contribution in [3.63, 3.8) is 0 Å². The first-order chi connectivity index (χ1) is 17.4. The maximum Gasteiger partial charge on any atom is 0.272 e. The molecule has 1 N–H and O–H groups in total. The van der Waals surface area contributed by atoms with E-state index in [2.05, 4.69) is 20.5 Å². The Morgan fingerprint density at radius 2 is 1.72 bits per heavy atom. The molecule has 36 heavy (non-hydrogen) atoms. The van der Waals surface area contributed by atoms with E-state index >= 15 is 0 Å². The Balaban J connectivity index is 1.64. The number of nitrogens with one attached hydrogen (secondary N) is 1. The van der Waals surface area contributed by atoms with Gasteiger partial charge in [0.15, 0.2) is 11.5 Å². The summed E-state index contributed by atoms with van der Waals surface area (Å²) in [6.45, 7) is 3.92. The molecule has 0 fully saturated rings. The molecule has 5 rings (SSSR count). The molecule has 1 amide bonds. The van der Waals surface area contributed by atoms with E-state index in [0.29, 0.717) is 28.8 Å². The molecule has 10 nitrogen and oxygen atoms in total. The summed E-state index contributed by atoms with van der Waals surface area (Å²) in [5, 5.41) is 16.0. The molecule has 0 radical (unpaired) electrons. The summed E-state index contributed by atoms with van der Waals surface area (Å²) in [7, 11) is 4.69. The second-order valence-corrected chi connectivity index (χ2v) is 8.50. The Morgan fingerprint density at radius 1 is 0.972 bits per heavy atom. The fourth-order valence-corrected chi connectivity index (χ4v) is 4.60. The third-order valence-corrected chi connectivity index (χ3v) is 6.30. The van der Waals surface area contributed by atoms with Gasteiger partial charge in [0, 0.05) is 29.0 Å². The fraction of sp³-hybridized carbons (Fsp3) is 0.269. The highest BCUT2D eigenvalue weighted by molar-refractivity contribution is 5.95. The Labute approximate surface area is 208 Å². The lowest BCUT2D eigenvalue weighted by Crippen LogP contribution is -2.25. The highest BCUT2D eigenvalue weighted by Crippen LogP contribution is 2.48. The number of carbonyl (C=O) groups excluding carboxylic acids is 1. The van der Waals surface area contributed by atoms with Crippen LogP contribution in [0, 0.1) is 13.8 Å². The molecular formula is C26H26N6O4. The molecule has 0 aliphatic carbocycles. The standard InChI is InChI=1S/C26H26N6O4/c1-14-6-8-16(9-7-14)19-13-27-30-26(28-19)32-25-22(15(2)31-32)18(12-21(33)29-25)17-10-11-20(34-3)24(36-5)23(17)35-4/h6-11,13,18H,12H2,1-5H3,(H,29,33). The van der Waals surface area contributed by atoms with Gasteiger partial charge in [-0.25, -0.2) is 4.98 Å². The smallest absolute Gasteiger partial charge is 0.272 e. The van der Waals surface area contributed by atoms with Crippen LogP contribution < -0.4 is 19.5 Å². The minimum Gasteiger partial charge on any atom is -0.493 e. The van der Waals surface area contributed by atoms with Gasteiger partial charge in [0.1, 0.15) is 5.82 Å². The van der Waals surface area contributed by atoms with Crippen LogP contribution in [0.15, 0.2) is 42.6 Å². The van der Waals surface area contributed by atoms with E-state index in [1.807, 2.05) is 44.2 Å². The van der Waals surface area contributed by atoms with E-state index in [-0.39, 0.29) is 24.2 Å². The molecule has 2 aromatic heterocycles. The van der Waals surface area contributed by atoms with Gasteiger partial charge in [-0.05, 0) is 19.9 Å².